The molecule has 0 saturated carbocycles. The van der Waals surface area contributed by atoms with E-state index in [-0.39, 0.29) is 12.5 Å². The van der Waals surface area contributed by atoms with E-state index in [1.54, 1.807) is 0 Å². The van der Waals surface area contributed by atoms with Crippen LogP contribution in [-0.4, -0.2) is 50.6 Å². The summed E-state index contributed by atoms with van der Waals surface area (Å²) in [6.07, 6.45) is 3.66. The van der Waals surface area contributed by atoms with Gasteiger partial charge in [-0.25, -0.2) is 0 Å². The zero-order valence-electron chi connectivity index (χ0n) is 10.5. The van der Waals surface area contributed by atoms with Crippen molar-refractivity contribution in [1.29, 1.82) is 5.26 Å². The summed E-state index contributed by atoms with van der Waals surface area (Å²) in [5.74, 6) is 0.691. The molecule has 0 bridgehead atoms. The molecule has 0 unspecified atom stereocenters. The lowest BCUT2D eigenvalue weighted by atomic mass is 9.94. The van der Waals surface area contributed by atoms with E-state index in [1.807, 2.05) is 6.07 Å². The van der Waals surface area contributed by atoms with Gasteiger partial charge >= 0.3 is 0 Å². The summed E-state index contributed by atoms with van der Waals surface area (Å²) < 4.78 is 0. The Labute approximate surface area is 103 Å². The van der Waals surface area contributed by atoms with Crippen LogP contribution >= 0.6 is 0 Å². The molecule has 0 aromatic heterocycles. The van der Waals surface area contributed by atoms with Crippen molar-refractivity contribution in [3.63, 3.8) is 0 Å². The molecule has 0 aliphatic carbocycles. The molecule has 1 fully saturated rings. The van der Waals surface area contributed by atoms with E-state index in [2.05, 4.69) is 22.6 Å². The van der Waals surface area contributed by atoms with E-state index >= 15 is 0 Å². The van der Waals surface area contributed by atoms with Gasteiger partial charge in [0.2, 0.25) is 5.91 Å². The molecule has 5 heteroatoms. The lowest BCUT2D eigenvalue weighted by Gasteiger charge is -2.28. The molecule has 0 aromatic carbocycles. The molecule has 1 aliphatic rings. The van der Waals surface area contributed by atoms with Crippen molar-refractivity contribution >= 4 is 5.91 Å². The molecule has 96 valence electrons. The second-order valence-electron chi connectivity index (χ2n) is 4.65. The van der Waals surface area contributed by atoms with Gasteiger partial charge in [0, 0.05) is 0 Å². The minimum absolute atomic E-state index is 0.0927. The Kier molecular flexibility index (Phi) is 6.60. The number of amides is 1. The smallest absolute Gasteiger partial charge is 0.234 e. The van der Waals surface area contributed by atoms with E-state index in [0.717, 1.165) is 18.9 Å². The zero-order valence-corrected chi connectivity index (χ0v) is 10.5. The molecule has 2 N–H and O–H groups in total. The maximum absolute atomic E-state index is 11.2. The highest BCUT2D eigenvalue weighted by Crippen LogP contribution is 2.18. The number of hydrogen-bond donors (Lipinski definition) is 2. The van der Waals surface area contributed by atoms with Crippen molar-refractivity contribution < 1.29 is 4.79 Å². The van der Waals surface area contributed by atoms with E-state index in [9.17, 15) is 4.79 Å². The van der Waals surface area contributed by atoms with Crippen LogP contribution in [0, 0.1) is 17.2 Å². The molecule has 0 aromatic rings. The summed E-state index contributed by atoms with van der Waals surface area (Å²) in [5.41, 5.74) is 0. The fourth-order valence-electron chi connectivity index (χ4n) is 2.06. The van der Waals surface area contributed by atoms with E-state index in [0.29, 0.717) is 6.54 Å². The third-order valence-electron chi connectivity index (χ3n) is 3.22. The monoisotopic (exact) mass is 238 g/mol. The van der Waals surface area contributed by atoms with Gasteiger partial charge in [0.15, 0.2) is 0 Å². The fourth-order valence-corrected chi connectivity index (χ4v) is 2.06. The predicted molar refractivity (Wildman–Crippen MR) is 66.3 cm³/mol. The van der Waals surface area contributed by atoms with Gasteiger partial charge in [-0.15, -0.1) is 0 Å². The molecular weight excluding hydrogens is 216 g/mol. The number of carbonyl (C=O) groups is 1. The fraction of sp³-hybridized carbons (Fsp3) is 0.833. The molecule has 17 heavy (non-hydrogen) atoms. The molecule has 1 rings (SSSR count). The molecule has 0 atom stereocenters. The maximum Gasteiger partial charge on any atom is 0.234 e. The Morgan fingerprint density at radius 3 is 2.82 bits per heavy atom. The number of nitrogens with zero attached hydrogens (tertiary/aromatic N) is 2. The first kappa shape index (κ1) is 13.9. The molecule has 0 radical (unpaired) electrons. The first-order valence-electron chi connectivity index (χ1n) is 6.25. The quantitative estimate of drug-likeness (QED) is 0.503. The standard InChI is InChI=1S/C12H22N4O/c1-16-8-3-11(4-9-16)2-6-14-10-12(17)15-7-5-13/h11,14H,2-4,6-10H2,1H3,(H,15,17). The van der Waals surface area contributed by atoms with Crippen LogP contribution in [0.5, 0.6) is 0 Å². The first-order chi connectivity index (χ1) is 8.22. The second kappa shape index (κ2) is 8.04. The van der Waals surface area contributed by atoms with Crippen LogP contribution in [0.2, 0.25) is 0 Å². The normalized spacial score (nSPS) is 17.6. The Hall–Kier alpha value is -1.12. The SMILES string of the molecule is CN1CCC(CCNCC(=O)NCC#N)CC1. The molecule has 1 amide bonds. The van der Waals surface area contributed by atoms with E-state index in [4.69, 9.17) is 5.26 Å². The summed E-state index contributed by atoms with van der Waals surface area (Å²) in [4.78, 5) is 13.5. The van der Waals surface area contributed by atoms with Gasteiger partial charge < -0.3 is 15.5 Å². The minimum Gasteiger partial charge on any atom is -0.342 e. The molecule has 1 saturated heterocycles. The Bertz CT molecular complexity index is 266. The van der Waals surface area contributed by atoms with Gasteiger partial charge in [0.05, 0.1) is 12.6 Å². The van der Waals surface area contributed by atoms with Gasteiger partial charge in [0.1, 0.15) is 6.54 Å². The molecule has 5 nitrogen and oxygen atoms in total. The summed E-state index contributed by atoms with van der Waals surface area (Å²) in [7, 11) is 2.16. The largest absolute Gasteiger partial charge is 0.342 e. The van der Waals surface area contributed by atoms with Gasteiger partial charge in [-0.1, -0.05) is 0 Å². The van der Waals surface area contributed by atoms with Crippen molar-refractivity contribution in [1.82, 2.24) is 15.5 Å². The van der Waals surface area contributed by atoms with Crippen molar-refractivity contribution in [3.05, 3.63) is 0 Å². The Balaban J connectivity index is 1.97. The second-order valence-corrected chi connectivity index (χ2v) is 4.65. The third-order valence-corrected chi connectivity index (χ3v) is 3.22. The lowest BCUT2D eigenvalue weighted by Crippen LogP contribution is -2.36. The maximum atomic E-state index is 11.2. The molecular formula is C12H22N4O. The Morgan fingerprint density at radius 2 is 2.18 bits per heavy atom. The van der Waals surface area contributed by atoms with Gasteiger partial charge in [-0.05, 0) is 51.9 Å². The molecule has 0 spiro atoms. The van der Waals surface area contributed by atoms with E-state index in [1.165, 1.54) is 25.9 Å². The van der Waals surface area contributed by atoms with Crippen LogP contribution in [0.3, 0.4) is 0 Å². The first-order valence-corrected chi connectivity index (χ1v) is 6.25. The van der Waals surface area contributed by atoms with Crippen molar-refractivity contribution in [2.45, 2.75) is 19.3 Å². The molecule has 1 aliphatic heterocycles. The van der Waals surface area contributed by atoms with Gasteiger partial charge in [-0.3, -0.25) is 4.79 Å². The number of nitrogens with one attached hydrogen (secondary N) is 2. The van der Waals surface area contributed by atoms with E-state index < -0.39 is 0 Å². The topological polar surface area (TPSA) is 68.2 Å². The number of carbonyl (C=O) groups excluding carboxylic acids is 1. The summed E-state index contributed by atoms with van der Waals surface area (Å²) in [5, 5.41) is 13.9. The van der Waals surface area contributed by atoms with Gasteiger partial charge in [-0.2, -0.15) is 5.26 Å². The summed E-state index contributed by atoms with van der Waals surface area (Å²) in [6, 6.07) is 1.88. The molecule has 1 heterocycles. The average Bonchev–Trinajstić information content (AvgIpc) is 2.34. The van der Waals surface area contributed by atoms with Crippen molar-refractivity contribution in [2.24, 2.45) is 5.92 Å². The lowest BCUT2D eigenvalue weighted by molar-refractivity contribution is -0.120. The number of rotatable bonds is 6. The highest BCUT2D eigenvalue weighted by Gasteiger charge is 2.15. The van der Waals surface area contributed by atoms with Crippen LogP contribution in [0.15, 0.2) is 0 Å². The van der Waals surface area contributed by atoms with Crippen LogP contribution < -0.4 is 10.6 Å². The van der Waals surface area contributed by atoms with Crippen LogP contribution in [-0.2, 0) is 4.79 Å². The van der Waals surface area contributed by atoms with Crippen LogP contribution in [0.1, 0.15) is 19.3 Å². The third kappa shape index (κ3) is 6.25. The van der Waals surface area contributed by atoms with Gasteiger partial charge in [0.25, 0.3) is 0 Å². The summed E-state index contributed by atoms with van der Waals surface area (Å²) in [6.45, 7) is 3.67. The number of piperidine rings is 1. The Morgan fingerprint density at radius 1 is 1.47 bits per heavy atom. The van der Waals surface area contributed by atoms with Crippen LogP contribution in [0.25, 0.3) is 0 Å². The highest BCUT2D eigenvalue weighted by atomic mass is 16.1. The predicted octanol–water partition coefficient (Wildman–Crippen LogP) is -0.0523. The number of hydrogen-bond acceptors (Lipinski definition) is 4. The zero-order chi connectivity index (χ0) is 12.5. The summed E-state index contributed by atoms with van der Waals surface area (Å²) >= 11 is 0. The minimum atomic E-state index is -0.102. The highest BCUT2D eigenvalue weighted by molar-refractivity contribution is 5.78. The average molecular weight is 238 g/mol. The number of likely N-dealkylation sites (tertiary alicyclic amines) is 1. The van der Waals surface area contributed by atoms with Crippen molar-refractivity contribution in [2.75, 3.05) is 39.8 Å². The van der Waals surface area contributed by atoms with Crippen molar-refractivity contribution in [3.8, 4) is 6.07 Å². The van der Waals surface area contributed by atoms with Crippen LogP contribution in [0.4, 0.5) is 0 Å². The number of nitriles is 1.